The van der Waals surface area contributed by atoms with Crippen molar-refractivity contribution in [1.82, 2.24) is 0 Å². The van der Waals surface area contributed by atoms with Crippen molar-refractivity contribution >= 4 is 72.4 Å². The van der Waals surface area contributed by atoms with Crippen molar-refractivity contribution in [3.63, 3.8) is 0 Å². The summed E-state index contributed by atoms with van der Waals surface area (Å²) in [6.07, 6.45) is 8.88. The Hall–Kier alpha value is -6.30. The highest BCUT2D eigenvalue weighted by Gasteiger charge is 2.53. The first-order valence-corrected chi connectivity index (χ1v) is 21.3. The van der Waals surface area contributed by atoms with Crippen LogP contribution in [-0.2, 0) is 20.7 Å². The molecular weight excluding hydrogens is 723 g/mol. The Labute approximate surface area is 333 Å². The van der Waals surface area contributed by atoms with Crippen molar-refractivity contribution in [1.29, 1.82) is 5.26 Å². The Morgan fingerprint density at radius 3 is 1.46 bits per heavy atom. The zero-order chi connectivity index (χ0) is 38.7. The lowest BCUT2D eigenvalue weighted by Crippen LogP contribution is -2.41. The van der Waals surface area contributed by atoms with E-state index in [-0.39, 0.29) is 10.8 Å². The maximum atomic E-state index is 14.0. The van der Waals surface area contributed by atoms with Crippen LogP contribution < -0.4 is 19.6 Å². The van der Waals surface area contributed by atoms with Gasteiger partial charge in [-0.05, 0) is 109 Å². The maximum Gasteiger partial charge on any atom is 0.198 e. The summed E-state index contributed by atoms with van der Waals surface area (Å²) in [6, 6.07) is 35.9. The molecule has 5 aromatic carbocycles. The number of nitrogens with zero attached hydrogens (tertiary/aromatic N) is 5. The molecule has 0 unspecified atom stereocenters. The van der Waals surface area contributed by atoms with Gasteiger partial charge in [0.25, 0.3) is 0 Å². The lowest BCUT2D eigenvalue weighted by Gasteiger charge is -2.56. The molecule has 5 aliphatic heterocycles. The maximum absolute atomic E-state index is 14.0. The second kappa shape index (κ2) is 10.8. The van der Waals surface area contributed by atoms with Crippen LogP contribution in [0.4, 0.5) is 62.6 Å². The summed E-state index contributed by atoms with van der Waals surface area (Å²) in [6.45, 7) is 9.37. The highest BCUT2D eigenvalue weighted by atomic mass is 32.2. The van der Waals surface area contributed by atoms with Crippen molar-refractivity contribution in [2.24, 2.45) is 0 Å². The van der Waals surface area contributed by atoms with Crippen molar-refractivity contribution in [2.45, 2.75) is 64.2 Å². The van der Waals surface area contributed by atoms with E-state index < -0.39 is 9.84 Å². The molecule has 0 radical (unpaired) electrons. The Bertz CT molecular complexity index is 2890. The van der Waals surface area contributed by atoms with E-state index in [4.69, 9.17) is 0 Å². The fourth-order valence-corrected chi connectivity index (χ4v) is 12.4. The molecule has 5 heterocycles. The van der Waals surface area contributed by atoms with E-state index in [0.717, 1.165) is 39.8 Å². The van der Waals surface area contributed by atoms with Gasteiger partial charge in [-0.3, -0.25) is 4.90 Å². The number of hydrogen-bond donors (Lipinski definition) is 0. The average Bonchev–Trinajstić information content (AvgIpc) is 3.23. The number of nitriles is 1. The first kappa shape index (κ1) is 32.9. The van der Waals surface area contributed by atoms with Crippen molar-refractivity contribution in [3.05, 3.63) is 159 Å². The van der Waals surface area contributed by atoms with E-state index in [1.807, 2.05) is 12.2 Å². The highest BCUT2D eigenvalue weighted by molar-refractivity contribution is 7.99. The summed E-state index contributed by atoms with van der Waals surface area (Å²) in [5, 5.41) is 9.35. The zero-order valence-corrected chi connectivity index (χ0v) is 33.1. The summed E-state index contributed by atoms with van der Waals surface area (Å²) in [7, 11) is -3.65. The van der Waals surface area contributed by atoms with Gasteiger partial charge in [-0.2, -0.15) is 5.26 Å². The van der Waals surface area contributed by atoms with Crippen molar-refractivity contribution in [2.75, 3.05) is 19.6 Å². The molecule has 0 aromatic heterocycles. The summed E-state index contributed by atoms with van der Waals surface area (Å²) >= 11 is 0. The van der Waals surface area contributed by atoms with Gasteiger partial charge in [0.15, 0.2) is 9.84 Å². The molecule has 278 valence electrons. The van der Waals surface area contributed by atoms with Crippen LogP contribution in [0.1, 0.15) is 75.6 Å². The zero-order valence-electron chi connectivity index (χ0n) is 32.3. The minimum absolute atomic E-state index is 0.260. The van der Waals surface area contributed by atoms with Crippen molar-refractivity contribution in [3.8, 4) is 6.07 Å². The number of sulfone groups is 1. The van der Waals surface area contributed by atoms with Crippen LogP contribution in [0.2, 0.25) is 0 Å². The SMILES string of the molecule is CC1(C)c2ccccc2N2c3cccc4c3N3c5c(ccc1c52)N(C1=CC=C(S(=O)(=O)C2=CC=C(C#N)CC2)CC1)c1ccc2c(c13)N4c1ccccc1C2(C)C. The Balaban J connectivity index is 1.15. The van der Waals surface area contributed by atoms with Gasteiger partial charge < -0.3 is 14.7 Å². The molecular formula is C49H39N5O2S. The van der Waals surface area contributed by atoms with Gasteiger partial charge in [0.2, 0.25) is 0 Å². The Morgan fingerprint density at radius 1 is 0.474 bits per heavy atom. The summed E-state index contributed by atoms with van der Waals surface area (Å²) in [4.78, 5) is 10.8. The second-order valence-corrected chi connectivity index (χ2v) is 19.2. The van der Waals surface area contributed by atoms with E-state index in [9.17, 15) is 13.7 Å². The average molecular weight is 762 g/mol. The predicted octanol–water partition coefficient (Wildman–Crippen LogP) is 12.6. The van der Waals surface area contributed by atoms with Gasteiger partial charge >= 0.3 is 0 Å². The number of benzene rings is 5. The minimum Gasteiger partial charge on any atom is -0.310 e. The molecule has 0 saturated carbocycles. The van der Waals surface area contributed by atoms with Gasteiger partial charge in [-0.1, -0.05) is 82.3 Å². The summed E-state index contributed by atoms with van der Waals surface area (Å²) in [5.74, 6) is 0. The van der Waals surface area contributed by atoms with E-state index in [0.29, 0.717) is 41.1 Å². The molecule has 12 rings (SSSR count). The van der Waals surface area contributed by atoms with E-state index in [1.165, 1.54) is 50.7 Å². The topological polar surface area (TPSA) is 70.9 Å². The molecule has 0 atom stereocenters. The fourth-order valence-electron chi connectivity index (χ4n) is 10.8. The molecule has 0 bridgehead atoms. The molecule has 2 aliphatic carbocycles. The van der Waals surface area contributed by atoms with Crippen LogP contribution in [0, 0.1) is 11.3 Å². The largest absolute Gasteiger partial charge is 0.310 e. The fraction of sp³-hybridized carbons (Fsp3) is 0.204. The molecule has 7 nitrogen and oxygen atoms in total. The summed E-state index contributed by atoms with van der Waals surface area (Å²) < 4.78 is 27.9. The predicted molar refractivity (Wildman–Crippen MR) is 229 cm³/mol. The first-order valence-electron chi connectivity index (χ1n) is 19.9. The lowest BCUT2D eigenvalue weighted by molar-refractivity contribution is 0.603. The molecule has 0 saturated heterocycles. The normalized spacial score (nSPS) is 19.3. The second-order valence-electron chi connectivity index (χ2n) is 17.2. The van der Waals surface area contributed by atoms with Crippen LogP contribution in [0.3, 0.4) is 0 Å². The third-order valence-corrected chi connectivity index (χ3v) is 15.7. The molecule has 8 heteroatoms. The van der Waals surface area contributed by atoms with Crippen LogP contribution in [0.5, 0.6) is 0 Å². The molecule has 0 N–H and O–H groups in total. The van der Waals surface area contributed by atoms with E-state index in [2.05, 4.69) is 144 Å². The smallest absolute Gasteiger partial charge is 0.198 e. The number of rotatable bonds is 3. The number of para-hydroxylation sites is 3. The van der Waals surface area contributed by atoms with Crippen LogP contribution in [0.15, 0.2) is 136 Å². The Morgan fingerprint density at radius 2 is 0.965 bits per heavy atom. The molecule has 0 fully saturated rings. The van der Waals surface area contributed by atoms with E-state index >= 15 is 0 Å². The van der Waals surface area contributed by atoms with Crippen LogP contribution in [0.25, 0.3) is 0 Å². The third-order valence-electron chi connectivity index (χ3n) is 13.6. The van der Waals surface area contributed by atoms with Crippen LogP contribution in [-0.4, -0.2) is 8.42 Å². The number of anilines is 11. The highest BCUT2D eigenvalue weighted by Crippen LogP contribution is 2.74. The van der Waals surface area contributed by atoms with Gasteiger partial charge in [0, 0.05) is 31.9 Å². The third kappa shape index (κ3) is 3.93. The lowest BCUT2D eigenvalue weighted by atomic mass is 9.70. The van der Waals surface area contributed by atoms with Crippen LogP contribution >= 0.6 is 0 Å². The monoisotopic (exact) mass is 761 g/mol. The number of hydrogen-bond acceptors (Lipinski definition) is 7. The molecule has 57 heavy (non-hydrogen) atoms. The van der Waals surface area contributed by atoms with Gasteiger partial charge in [0.1, 0.15) is 0 Å². The number of allylic oxidation sites excluding steroid dienone is 8. The van der Waals surface area contributed by atoms with Gasteiger partial charge in [0.05, 0.1) is 68.6 Å². The molecule has 7 aliphatic rings. The minimum atomic E-state index is -3.65. The van der Waals surface area contributed by atoms with Crippen molar-refractivity contribution < 1.29 is 8.42 Å². The first-order chi connectivity index (χ1) is 27.5. The summed E-state index contributed by atoms with van der Waals surface area (Å²) in [5.41, 5.74) is 19.0. The van der Waals surface area contributed by atoms with E-state index in [1.54, 1.807) is 12.2 Å². The molecule has 5 aromatic rings. The van der Waals surface area contributed by atoms with Gasteiger partial charge in [-0.25, -0.2) is 8.42 Å². The Kier molecular flexibility index (Phi) is 6.21. The molecule has 0 amide bonds. The van der Waals surface area contributed by atoms with Gasteiger partial charge in [-0.15, -0.1) is 0 Å². The molecule has 0 spiro atoms. The standard InChI is InChI=1S/C49H39N5O2S/c1-48(2)33-10-5-7-12-37(33)52-39-14-9-15-40-45(39)54-46-41(26-24-35(48)43(46)52)51(30-18-22-32(23-19-30)57(55,56)31-20-16-29(28-50)17-21-31)42-27-25-36-44(47(42)54)53(40)38-13-8-6-11-34(38)49(36,3)4/h5-16,18,20,22,24-27H,17,19,21,23H2,1-4H3. The quantitative estimate of drug-likeness (QED) is 0.178. The number of fused-ring (bicyclic) bond motifs is 6.